The van der Waals surface area contributed by atoms with E-state index in [9.17, 15) is 52.7 Å². The van der Waals surface area contributed by atoms with Crippen LogP contribution >= 0.6 is 11.3 Å². The molecular weight excluding hydrogens is 941 g/mol. The zero-order valence-electron chi connectivity index (χ0n) is 31.8. The van der Waals surface area contributed by atoms with Gasteiger partial charge in [0.2, 0.25) is 5.01 Å². The van der Waals surface area contributed by atoms with Crippen molar-refractivity contribution in [3.63, 3.8) is 0 Å². The molecule has 0 amide bonds. The molecule has 1 aromatic heterocycles. The molecule has 7 aromatic rings. The van der Waals surface area contributed by atoms with Crippen molar-refractivity contribution < 1.29 is 92.4 Å². The molecule has 0 bridgehead atoms. The van der Waals surface area contributed by atoms with Crippen LogP contribution in [0.4, 0.5) is 87.8 Å². The number of aryl methyl sites for hydroxylation is 1. The molecule has 1 nitrogen and oxygen atoms in total. The number of hydrogen-bond acceptors (Lipinski definition) is 1. The third-order valence-electron chi connectivity index (χ3n) is 10.1. The fourth-order valence-corrected chi connectivity index (χ4v) is 8.03. The first-order valence-electron chi connectivity index (χ1n) is 17.8. The van der Waals surface area contributed by atoms with Gasteiger partial charge < -0.3 is 0 Å². The highest BCUT2D eigenvalue weighted by Crippen LogP contribution is 2.31. The Balaban J connectivity index is 0.000000289. The normalized spacial score (nSPS) is 11.6. The molecule has 0 saturated carbocycles. The Kier molecular flexibility index (Phi) is 13.5. The van der Waals surface area contributed by atoms with E-state index < -0.39 is 144 Å². The van der Waals surface area contributed by atoms with Crippen LogP contribution in [0.2, 0.25) is 0 Å². The van der Waals surface area contributed by atoms with Crippen molar-refractivity contribution in [2.75, 3.05) is 0 Å². The van der Waals surface area contributed by atoms with E-state index in [-0.39, 0.29) is 0 Å². The van der Waals surface area contributed by atoms with Crippen LogP contribution in [0.25, 0.3) is 0 Å². The van der Waals surface area contributed by atoms with Crippen LogP contribution in [-0.4, -0.2) is 6.15 Å². The van der Waals surface area contributed by atoms with Crippen molar-refractivity contribution in [2.24, 2.45) is 0 Å². The van der Waals surface area contributed by atoms with Gasteiger partial charge >= 0.3 is 0 Å². The maximum absolute atomic E-state index is 15.4. The van der Waals surface area contributed by atoms with Gasteiger partial charge in [-0.25, -0.2) is 87.8 Å². The summed E-state index contributed by atoms with van der Waals surface area (Å²) in [6.07, 6.45) is -4.03. The third-order valence-corrected chi connectivity index (χ3v) is 11.1. The standard InChI is InChI=1S/C24BF20.C18H18NS/c26-5-1(6(27)14(35)21(42)13(5)34)25(2-7(28)15(36)22(43)16(37)8(2)29,3-9(30)17(38)23(44)18(39)10(3)31)4-11(32)19(40)24(45)20(41)12(4)33;1-15-7-9-16(10-8-15)13-18-19(11-12-20-18)14-17-5-3-2-4-6-17/h;2-12H,13-14H2,1H3/q-1;+1. The number of benzene rings is 6. The second kappa shape index (κ2) is 18.2. The molecule has 0 aliphatic rings. The monoisotopic (exact) mass is 959 g/mol. The molecule has 0 radical (unpaired) electrons. The first-order valence-corrected chi connectivity index (χ1v) is 18.7. The van der Waals surface area contributed by atoms with E-state index in [1.165, 1.54) is 21.7 Å². The largest absolute Gasteiger partial charge is 0.241 e. The third kappa shape index (κ3) is 7.96. The average Bonchev–Trinajstić information content (AvgIpc) is 3.73. The van der Waals surface area contributed by atoms with Crippen LogP contribution in [0.15, 0.2) is 66.2 Å². The van der Waals surface area contributed by atoms with Crippen LogP contribution in [0.5, 0.6) is 0 Å². The Hall–Kier alpha value is -6.39. The summed E-state index contributed by atoms with van der Waals surface area (Å²) in [5.41, 5.74) is -10.3. The zero-order valence-corrected chi connectivity index (χ0v) is 32.6. The number of rotatable bonds is 8. The summed E-state index contributed by atoms with van der Waals surface area (Å²) in [4.78, 5) is 0. The highest BCUT2D eigenvalue weighted by atomic mass is 32.1. The van der Waals surface area contributed by atoms with Gasteiger partial charge in [0.05, 0.1) is 11.8 Å². The number of nitrogens with zero attached hydrogens (tertiary/aromatic N) is 1. The predicted octanol–water partition coefficient (Wildman–Crippen LogP) is 9.83. The van der Waals surface area contributed by atoms with Crippen LogP contribution in [0.1, 0.15) is 21.7 Å². The Morgan fingerprint density at radius 1 is 0.369 bits per heavy atom. The van der Waals surface area contributed by atoms with Crippen molar-refractivity contribution in [2.45, 2.75) is 19.9 Å². The van der Waals surface area contributed by atoms with Gasteiger partial charge in [0, 0.05) is 5.56 Å². The van der Waals surface area contributed by atoms with Gasteiger partial charge in [-0.05, 0) is 12.5 Å². The SMILES string of the molecule is Cc1ccc(Cc2scc[n+]2Cc2ccccc2)cc1.Fc1c(F)c(F)c([B-](c2c(F)c(F)c(F)c(F)c2F)(c2c(F)c(F)c(F)c(F)c2F)c2c(F)c(F)c(F)c(F)c2F)c(F)c1F. The molecule has 0 spiro atoms. The summed E-state index contributed by atoms with van der Waals surface area (Å²) in [6.45, 7) is 3.08. The van der Waals surface area contributed by atoms with E-state index in [0.29, 0.717) is 0 Å². The molecule has 0 aliphatic heterocycles. The zero-order chi connectivity index (χ0) is 48.1. The van der Waals surface area contributed by atoms with Crippen molar-refractivity contribution in [1.82, 2.24) is 0 Å². The minimum atomic E-state index is -7.22. The van der Waals surface area contributed by atoms with E-state index in [1.54, 1.807) is 0 Å². The van der Waals surface area contributed by atoms with Gasteiger partial charge in [0.25, 0.3) is 0 Å². The second-order valence-corrected chi connectivity index (χ2v) is 14.9. The summed E-state index contributed by atoms with van der Waals surface area (Å²) in [5.74, 6) is -71.4. The maximum atomic E-state index is 15.4. The van der Waals surface area contributed by atoms with Gasteiger partial charge in [-0.3, -0.25) is 0 Å². The van der Waals surface area contributed by atoms with Crippen LogP contribution in [0, 0.1) is 123 Å². The highest BCUT2D eigenvalue weighted by molar-refractivity contribution is 7.20. The van der Waals surface area contributed by atoms with E-state index >= 15 is 35.1 Å². The summed E-state index contributed by atoms with van der Waals surface area (Å²) in [7, 11) is 0. The minimum absolute atomic E-state index is 0.950. The summed E-state index contributed by atoms with van der Waals surface area (Å²) in [6, 6.07) is 19.4. The van der Waals surface area contributed by atoms with Gasteiger partial charge in [0.15, 0.2) is 82.5 Å². The summed E-state index contributed by atoms with van der Waals surface area (Å²) >= 11 is 1.83. The van der Waals surface area contributed by atoms with Gasteiger partial charge in [0.1, 0.15) is 52.7 Å². The molecule has 0 saturated heterocycles. The molecule has 0 atom stereocenters. The van der Waals surface area contributed by atoms with E-state index in [1.807, 2.05) is 11.3 Å². The first-order chi connectivity index (χ1) is 30.5. The molecule has 0 N–H and O–H groups in total. The topological polar surface area (TPSA) is 3.88 Å². The lowest BCUT2D eigenvalue weighted by molar-refractivity contribution is -0.690. The lowest BCUT2D eigenvalue weighted by atomic mass is 9.12. The minimum Gasteiger partial charge on any atom is -0.207 e. The van der Waals surface area contributed by atoms with Crippen LogP contribution in [0.3, 0.4) is 0 Å². The highest BCUT2D eigenvalue weighted by Gasteiger charge is 2.52. The molecule has 0 unspecified atom stereocenters. The fraction of sp³-hybridized carbons (Fsp3) is 0.0714. The molecule has 1 heterocycles. The van der Waals surface area contributed by atoms with Crippen molar-refractivity contribution in [3.8, 4) is 0 Å². The average molecular weight is 959 g/mol. The molecule has 7 rings (SSSR count). The fourth-order valence-electron chi connectivity index (χ4n) is 7.15. The number of aromatic nitrogens is 1. The molecule has 23 heteroatoms. The molecule has 0 aliphatic carbocycles. The van der Waals surface area contributed by atoms with Crippen LogP contribution < -0.4 is 26.4 Å². The number of hydrogen-bond donors (Lipinski definition) is 0. The summed E-state index contributed by atoms with van der Waals surface area (Å²) < 4.78 is 296. The quantitative estimate of drug-likeness (QED) is 0.0470. The maximum Gasteiger partial charge on any atom is 0.241 e. The molecule has 65 heavy (non-hydrogen) atoms. The molecule has 6 aromatic carbocycles. The van der Waals surface area contributed by atoms with Crippen molar-refractivity contribution in [3.05, 3.63) is 204 Å². The Bertz CT molecular complexity index is 2610. The molecular formula is C42H18BF20NS. The Morgan fingerprint density at radius 2 is 0.662 bits per heavy atom. The summed E-state index contributed by atoms with van der Waals surface area (Å²) in [5, 5.41) is 3.57. The smallest absolute Gasteiger partial charge is 0.207 e. The number of thiazole rings is 1. The Labute approximate surface area is 355 Å². The Morgan fingerprint density at radius 3 is 0.969 bits per heavy atom. The van der Waals surface area contributed by atoms with Gasteiger partial charge in [-0.1, -0.05) is 71.5 Å². The van der Waals surface area contributed by atoms with Gasteiger partial charge in [-0.15, -0.1) is 21.9 Å². The van der Waals surface area contributed by atoms with E-state index in [0.717, 1.165) is 13.0 Å². The van der Waals surface area contributed by atoms with Gasteiger partial charge in [-0.2, -0.15) is 4.57 Å². The first kappa shape index (κ1) is 48.1. The number of halogens is 20. The van der Waals surface area contributed by atoms with Crippen molar-refractivity contribution in [1.29, 1.82) is 0 Å². The molecule has 0 fully saturated rings. The lowest BCUT2D eigenvalue weighted by Crippen LogP contribution is -2.81. The van der Waals surface area contributed by atoms with E-state index in [2.05, 4.69) is 77.7 Å². The predicted molar refractivity (Wildman–Crippen MR) is 193 cm³/mol. The lowest BCUT2D eigenvalue weighted by Gasteiger charge is -2.44. The van der Waals surface area contributed by atoms with E-state index in [4.69, 9.17) is 0 Å². The molecule has 340 valence electrons. The van der Waals surface area contributed by atoms with Crippen LogP contribution in [-0.2, 0) is 13.0 Å². The van der Waals surface area contributed by atoms with Crippen molar-refractivity contribution >= 4 is 39.3 Å². The second-order valence-electron chi connectivity index (χ2n) is 13.9.